The third-order valence-corrected chi connectivity index (χ3v) is 3.47. The van der Waals surface area contributed by atoms with Gasteiger partial charge >= 0.3 is 0 Å². The van der Waals surface area contributed by atoms with Crippen molar-refractivity contribution in [3.63, 3.8) is 0 Å². The first kappa shape index (κ1) is 18.2. The molecule has 2 amide bonds. The molecule has 0 spiro atoms. The second-order valence-electron chi connectivity index (χ2n) is 5.13. The highest BCUT2D eigenvalue weighted by Crippen LogP contribution is 2.18. The SMILES string of the molecule is CCCC(=O)NCC(=O)N1CCCC(C(C)N)C1.Cl. The standard InChI is InChI=1S/C13H25N3O2.ClH/c1-3-5-12(17)15-8-13(18)16-7-4-6-11(9-16)10(2)14;/h10-11H,3-9,14H2,1-2H3,(H,15,17);1H. The summed E-state index contributed by atoms with van der Waals surface area (Å²) in [7, 11) is 0. The van der Waals surface area contributed by atoms with Crippen molar-refractivity contribution in [3.05, 3.63) is 0 Å². The summed E-state index contributed by atoms with van der Waals surface area (Å²) in [6, 6.07) is 0.121. The monoisotopic (exact) mass is 291 g/mol. The van der Waals surface area contributed by atoms with Crippen LogP contribution in [-0.4, -0.2) is 42.4 Å². The molecule has 5 nitrogen and oxygen atoms in total. The van der Waals surface area contributed by atoms with E-state index in [0.29, 0.717) is 12.3 Å². The van der Waals surface area contributed by atoms with Crippen LogP contribution in [0.15, 0.2) is 0 Å². The summed E-state index contributed by atoms with van der Waals surface area (Å²) in [6.07, 6.45) is 3.37. The van der Waals surface area contributed by atoms with E-state index in [0.717, 1.165) is 32.4 Å². The Bertz CT molecular complexity index is 298. The lowest BCUT2D eigenvalue weighted by molar-refractivity contribution is -0.134. The Morgan fingerprint density at radius 1 is 1.47 bits per heavy atom. The van der Waals surface area contributed by atoms with Gasteiger partial charge in [0.25, 0.3) is 0 Å². The van der Waals surface area contributed by atoms with E-state index in [1.54, 1.807) is 0 Å². The van der Waals surface area contributed by atoms with E-state index in [1.165, 1.54) is 0 Å². The molecule has 0 radical (unpaired) electrons. The number of hydrogen-bond acceptors (Lipinski definition) is 3. The van der Waals surface area contributed by atoms with Crippen molar-refractivity contribution in [3.8, 4) is 0 Å². The van der Waals surface area contributed by atoms with Crippen LogP contribution in [0.4, 0.5) is 0 Å². The van der Waals surface area contributed by atoms with Crippen LogP contribution >= 0.6 is 12.4 Å². The summed E-state index contributed by atoms with van der Waals surface area (Å²) in [5.74, 6) is 0.338. The molecule has 1 aliphatic rings. The van der Waals surface area contributed by atoms with Crippen molar-refractivity contribution in [2.24, 2.45) is 11.7 Å². The third-order valence-electron chi connectivity index (χ3n) is 3.47. The average Bonchev–Trinajstić information content (AvgIpc) is 2.36. The molecule has 0 aromatic heterocycles. The first-order valence-electron chi connectivity index (χ1n) is 6.84. The number of hydrogen-bond donors (Lipinski definition) is 2. The molecule has 112 valence electrons. The number of likely N-dealkylation sites (tertiary alicyclic amines) is 1. The van der Waals surface area contributed by atoms with Crippen LogP contribution in [0.3, 0.4) is 0 Å². The molecule has 0 saturated carbocycles. The van der Waals surface area contributed by atoms with E-state index in [9.17, 15) is 9.59 Å². The maximum atomic E-state index is 11.9. The minimum Gasteiger partial charge on any atom is -0.347 e. The molecule has 1 fully saturated rings. The van der Waals surface area contributed by atoms with Crippen LogP contribution in [0.1, 0.15) is 39.5 Å². The summed E-state index contributed by atoms with van der Waals surface area (Å²) in [5, 5.41) is 2.66. The Balaban J connectivity index is 0.00000324. The van der Waals surface area contributed by atoms with Gasteiger partial charge in [-0.1, -0.05) is 6.92 Å². The summed E-state index contributed by atoms with van der Waals surface area (Å²) >= 11 is 0. The number of amides is 2. The van der Waals surface area contributed by atoms with Crippen molar-refractivity contribution < 1.29 is 9.59 Å². The predicted octanol–water partition coefficient (Wildman–Crippen LogP) is 0.910. The van der Waals surface area contributed by atoms with Gasteiger partial charge in [-0.15, -0.1) is 12.4 Å². The van der Waals surface area contributed by atoms with E-state index in [1.807, 2.05) is 18.7 Å². The zero-order valence-electron chi connectivity index (χ0n) is 11.9. The number of nitrogens with one attached hydrogen (secondary N) is 1. The number of carbonyl (C=O) groups excluding carboxylic acids is 2. The normalized spacial score (nSPS) is 20.4. The Hall–Kier alpha value is -0.810. The van der Waals surface area contributed by atoms with Gasteiger partial charge in [-0.2, -0.15) is 0 Å². The molecule has 0 aromatic rings. The zero-order valence-corrected chi connectivity index (χ0v) is 12.7. The second kappa shape index (κ2) is 9.15. The Morgan fingerprint density at radius 2 is 2.16 bits per heavy atom. The van der Waals surface area contributed by atoms with Crippen LogP contribution < -0.4 is 11.1 Å². The smallest absolute Gasteiger partial charge is 0.241 e. The molecule has 1 rings (SSSR count). The van der Waals surface area contributed by atoms with Gasteiger partial charge in [0.15, 0.2) is 0 Å². The van der Waals surface area contributed by atoms with Crippen LogP contribution in [0.5, 0.6) is 0 Å². The lowest BCUT2D eigenvalue weighted by Crippen LogP contribution is -2.48. The van der Waals surface area contributed by atoms with Crippen molar-refractivity contribution in [2.75, 3.05) is 19.6 Å². The molecule has 2 atom stereocenters. The van der Waals surface area contributed by atoms with Crippen molar-refractivity contribution >= 4 is 24.2 Å². The van der Waals surface area contributed by atoms with Crippen LogP contribution in [0.2, 0.25) is 0 Å². The van der Waals surface area contributed by atoms with Crippen LogP contribution in [0, 0.1) is 5.92 Å². The van der Waals surface area contributed by atoms with E-state index in [2.05, 4.69) is 5.32 Å². The lowest BCUT2D eigenvalue weighted by Gasteiger charge is -2.34. The van der Waals surface area contributed by atoms with Gasteiger partial charge in [0.1, 0.15) is 0 Å². The van der Waals surface area contributed by atoms with Gasteiger partial charge < -0.3 is 16.0 Å². The maximum absolute atomic E-state index is 11.9. The van der Waals surface area contributed by atoms with E-state index >= 15 is 0 Å². The second-order valence-corrected chi connectivity index (χ2v) is 5.13. The fourth-order valence-corrected chi connectivity index (χ4v) is 2.27. The number of nitrogens with zero attached hydrogens (tertiary/aromatic N) is 1. The topological polar surface area (TPSA) is 75.4 Å². The average molecular weight is 292 g/mol. The highest BCUT2D eigenvalue weighted by atomic mass is 35.5. The van der Waals surface area contributed by atoms with Crippen LogP contribution in [-0.2, 0) is 9.59 Å². The van der Waals surface area contributed by atoms with Gasteiger partial charge in [-0.25, -0.2) is 0 Å². The van der Waals surface area contributed by atoms with Crippen molar-refractivity contribution in [1.82, 2.24) is 10.2 Å². The lowest BCUT2D eigenvalue weighted by atomic mass is 9.92. The van der Waals surface area contributed by atoms with Crippen molar-refractivity contribution in [2.45, 2.75) is 45.6 Å². The van der Waals surface area contributed by atoms with E-state index in [-0.39, 0.29) is 36.8 Å². The predicted molar refractivity (Wildman–Crippen MR) is 78.1 cm³/mol. The molecule has 1 saturated heterocycles. The number of carbonyl (C=O) groups is 2. The fourth-order valence-electron chi connectivity index (χ4n) is 2.27. The van der Waals surface area contributed by atoms with Gasteiger partial charge in [-0.3, -0.25) is 9.59 Å². The summed E-state index contributed by atoms with van der Waals surface area (Å²) in [6.45, 7) is 5.55. The molecule has 0 aromatic carbocycles. The van der Waals surface area contributed by atoms with Gasteiger partial charge in [0.05, 0.1) is 6.54 Å². The molecule has 6 heteroatoms. The van der Waals surface area contributed by atoms with Crippen molar-refractivity contribution in [1.29, 1.82) is 0 Å². The molecular weight excluding hydrogens is 266 g/mol. The molecule has 0 aliphatic carbocycles. The minimum atomic E-state index is -0.0494. The summed E-state index contributed by atoms with van der Waals surface area (Å²) < 4.78 is 0. The highest BCUT2D eigenvalue weighted by Gasteiger charge is 2.25. The largest absolute Gasteiger partial charge is 0.347 e. The molecule has 0 bridgehead atoms. The van der Waals surface area contributed by atoms with Gasteiger partial charge in [-0.05, 0) is 32.1 Å². The van der Waals surface area contributed by atoms with Crippen LogP contribution in [0.25, 0.3) is 0 Å². The summed E-state index contributed by atoms with van der Waals surface area (Å²) in [5.41, 5.74) is 5.88. The summed E-state index contributed by atoms with van der Waals surface area (Å²) in [4.78, 5) is 25.1. The fraction of sp³-hybridized carbons (Fsp3) is 0.846. The minimum absolute atomic E-state index is 0. The first-order chi connectivity index (χ1) is 8.54. The molecule has 2 unspecified atom stereocenters. The van der Waals surface area contributed by atoms with E-state index < -0.39 is 0 Å². The van der Waals surface area contributed by atoms with Gasteiger partial charge in [0.2, 0.25) is 11.8 Å². The number of piperidine rings is 1. The van der Waals surface area contributed by atoms with Gasteiger partial charge in [0, 0.05) is 25.6 Å². The molecule has 1 aliphatic heterocycles. The number of nitrogens with two attached hydrogens (primary N) is 1. The Morgan fingerprint density at radius 3 is 2.74 bits per heavy atom. The Labute approximate surface area is 121 Å². The number of rotatable bonds is 5. The molecule has 19 heavy (non-hydrogen) atoms. The maximum Gasteiger partial charge on any atom is 0.241 e. The number of halogens is 1. The zero-order chi connectivity index (χ0) is 13.5. The Kier molecular flexibility index (Phi) is 8.76. The molecular formula is C13H26ClN3O2. The highest BCUT2D eigenvalue weighted by molar-refractivity contribution is 5.85. The molecule has 1 heterocycles. The third kappa shape index (κ3) is 6.25. The van der Waals surface area contributed by atoms with E-state index in [4.69, 9.17) is 5.73 Å². The first-order valence-corrected chi connectivity index (χ1v) is 6.84. The quantitative estimate of drug-likeness (QED) is 0.790. The molecule has 3 N–H and O–H groups in total.